The molecule has 2 aromatic carbocycles. The molecule has 1 saturated heterocycles. The van der Waals surface area contributed by atoms with Crippen LogP contribution in [-0.4, -0.2) is 26.2 Å². The summed E-state index contributed by atoms with van der Waals surface area (Å²) in [6.07, 6.45) is -11.5. The zero-order valence-electron chi connectivity index (χ0n) is 16.3. The number of halogens is 7. The first-order chi connectivity index (χ1) is 14.8. The molecule has 170 valence electrons. The van der Waals surface area contributed by atoms with Gasteiger partial charge in [0.15, 0.2) is 5.75 Å². The van der Waals surface area contributed by atoms with Gasteiger partial charge >= 0.3 is 18.4 Å². The van der Waals surface area contributed by atoms with Crippen LogP contribution in [0.1, 0.15) is 23.1 Å². The summed E-state index contributed by atoms with van der Waals surface area (Å²) < 4.78 is 99.6. The van der Waals surface area contributed by atoms with Gasteiger partial charge in [0.2, 0.25) is 0 Å². The van der Waals surface area contributed by atoms with Gasteiger partial charge in [-0.1, -0.05) is 0 Å². The largest absolute Gasteiger partial charge is 0.420 e. The van der Waals surface area contributed by atoms with Gasteiger partial charge in [0.1, 0.15) is 17.4 Å². The fourth-order valence-corrected chi connectivity index (χ4v) is 3.07. The van der Waals surface area contributed by atoms with Crippen LogP contribution in [0.5, 0.6) is 5.75 Å². The molecule has 0 spiro atoms. The molecule has 1 aliphatic heterocycles. The Kier molecular flexibility index (Phi) is 5.95. The summed E-state index contributed by atoms with van der Waals surface area (Å²) in [4.78, 5) is 14.4. The minimum absolute atomic E-state index is 0.0582. The number of alkyl halides is 6. The molecule has 5 nitrogen and oxygen atoms in total. The van der Waals surface area contributed by atoms with Gasteiger partial charge in [0.25, 0.3) is 0 Å². The smallest absolute Gasteiger partial charge is 0.407 e. The number of hydrogen-bond donors (Lipinski definition) is 0. The van der Waals surface area contributed by atoms with Crippen molar-refractivity contribution in [2.24, 2.45) is 0 Å². The highest BCUT2D eigenvalue weighted by Crippen LogP contribution is 2.49. The maximum atomic E-state index is 13.7. The topological polar surface area (TPSA) is 56.6 Å². The first-order valence-corrected chi connectivity index (χ1v) is 9.06. The van der Waals surface area contributed by atoms with Crippen molar-refractivity contribution in [3.05, 3.63) is 52.8 Å². The quantitative estimate of drug-likeness (QED) is 0.560. The van der Waals surface area contributed by atoms with Crippen LogP contribution in [0.25, 0.3) is 0 Å². The number of anilines is 2. The highest BCUT2D eigenvalue weighted by Gasteiger charge is 2.45. The lowest BCUT2D eigenvalue weighted by molar-refractivity contribution is -0.143. The molecule has 0 radical (unpaired) electrons. The van der Waals surface area contributed by atoms with Crippen molar-refractivity contribution in [2.75, 3.05) is 29.9 Å². The van der Waals surface area contributed by atoms with Crippen LogP contribution in [0, 0.1) is 17.1 Å². The summed E-state index contributed by atoms with van der Waals surface area (Å²) in [5.74, 6) is -1.82. The third-order valence-corrected chi connectivity index (χ3v) is 4.83. The molecule has 32 heavy (non-hydrogen) atoms. The minimum Gasteiger partial charge on any atom is -0.407 e. The van der Waals surface area contributed by atoms with Crippen molar-refractivity contribution in [2.45, 2.75) is 18.8 Å². The van der Waals surface area contributed by atoms with E-state index in [1.807, 2.05) is 0 Å². The SMILES string of the molecule is CN(C(=O)Oc1c(C(F)(F)F)cc(C(F)(F)F)c(C#N)c1N1CCC1)c1ccc(F)cc1. The van der Waals surface area contributed by atoms with E-state index < -0.39 is 52.4 Å². The molecule has 0 aromatic heterocycles. The number of amides is 1. The lowest BCUT2D eigenvalue weighted by Crippen LogP contribution is -2.39. The molecular weight excluding hydrogens is 447 g/mol. The average molecular weight is 461 g/mol. The molecule has 1 fully saturated rings. The standard InChI is InChI=1S/C20H14F7N3O2/c1-29(12-5-3-11(21)4-6-12)18(31)32-17-15(20(25,26)27)9-14(19(22,23)24)13(10-28)16(17)30-7-2-8-30/h3-6,9H,2,7-8H2,1H3. The monoisotopic (exact) mass is 461 g/mol. The van der Waals surface area contributed by atoms with E-state index in [-0.39, 0.29) is 24.8 Å². The Hall–Kier alpha value is -3.49. The molecule has 1 heterocycles. The van der Waals surface area contributed by atoms with Crippen molar-refractivity contribution in [1.29, 1.82) is 5.26 Å². The zero-order valence-corrected chi connectivity index (χ0v) is 16.3. The number of nitrogens with zero attached hydrogens (tertiary/aromatic N) is 3. The highest BCUT2D eigenvalue weighted by atomic mass is 19.4. The van der Waals surface area contributed by atoms with Crippen molar-refractivity contribution in [3.63, 3.8) is 0 Å². The number of nitriles is 1. The number of ether oxygens (including phenoxy) is 1. The van der Waals surface area contributed by atoms with Crippen molar-refractivity contribution in [3.8, 4) is 11.8 Å². The van der Waals surface area contributed by atoms with Crippen molar-refractivity contribution < 1.29 is 40.3 Å². The van der Waals surface area contributed by atoms with E-state index in [0.29, 0.717) is 6.42 Å². The van der Waals surface area contributed by atoms with E-state index in [2.05, 4.69) is 0 Å². The molecule has 0 aliphatic carbocycles. The second-order valence-corrected chi connectivity index (χ2v) is 6.88. The molecule has 0 atom stereocenters. The van der Waals surface area contributed by atoms with Gasteiger partial charge in [-0.15, -0.1) is 0 Å². The second-order valence-electron chi connectivity index (χ2n) is 6.88. The first-order valence-electron chi connectivity index (χ1n) is 9.06. The van der Waals surface area contributed by atoms with Crippen LogP contribution in [0.3, 0.4) is 0 Å². The predicted octanol–water partition coefficient (Wildman–Crippen LogP) is 5.58. The Morgan fingerprint density at radius 3 is 2.06 bits per heavy atom. The van der Waals surface area contributed by atoms with E-state index in [9.17, 15) is 40.8 Å². The van der Waals surface area contributed by atoms with Gasteiger partial charge in [0.05, 0.1) is 16.8 Å². The van der Waals surface area contributed by atoms with Gasteiger partial charge < -0.3 is 9.64 Å². The Bertz CT molecular complexity index is 1070. The predicted molar refractivity (Wildman–Crippen MR) is 98.8 cm³/mol. The lowest BCUT2D eigenvalue weighted by Gasteiger charge is -2.36. The van der Waals surface area contributed by atoms with Gasteiger partial charge in [-0.05, 0) is 36.8 Å². The van der Waals surface area contributed by atoms with E-state index in [0.717, 1.165) is 41.1 Å². The average Bonchev–Trinajstić information content (AvgIpc) is 2.65. The molecule has 2 aromatic rings. The molecule has 0 N–H and O–H groups in total. The van der Waals surface area contributed by atoms with Crippen molar-refractivity contribution in [1.82, 2.24) is 0 Å². The first kappa shape index (κ1) is 23.2. The number of hydrogen-bond acceptors (Lipinski definition) is 4. The molecule has 3 rings (SSSR count). The zero-order chi connectivity index (χ0) is 23.8. The number of carbonyl (C=O) groups is 1. The van der Waals surface area contributed by atoms with Gasteiger partial charge in [-0.2, -0.15) is 31.6 Å². The molecule has 12 heteroatoms. The molecule has 0 unspecified atom stereocenters. The highest BCUT2D eigenvalue weighted by molar-refractivity contribution is 5.90. The maximum absolute atomic E-state index is 13.7. The fourth-order valence-electron chi connectivity index (χ4n) is 3.07. The van der Waals surface area contributed by atoms with Crippen LogP contribution in [0.4, 0.5) is 46.9 Å². The molecule has 1 amide bonds. The lowest BCUT2D eigenvalue weighted by atomic mass is 9.97. The number of rotatable bonds is 3. The molecule has 1 aliphatic rings. The summed E-state index contributed by atoms with van der Waals surface area (Å²) in [6.45, 7) is 0.150. The Labute approximate surface area is 177 Å². The normalized spacial score (nSPS) is 13.9. The van der Waals surface area contributed by atoms with Crippen LogP contribution in [-0.2, 0) is 12.4 Å². The summed E-state index contributed by atoms with van der Waals surface area (Å²) in [5.41, 5.74) is -5.38. The van der Waals surface area contributed by atoms with E-state index in [4.69, 9.17) is 4.74 Å². The van der Waals surface area contributed by atoms with E-state index >= 15 is 0 Å². The van der Waals surface area contributed by atoms with E-state index in [1.54, 1.807) is 0 Å². The van der Waals surface area contributed by atoms with Crippen LogP contribution in [0.15, 0.2) is 30.3 Å². The summed E-state index contributed by atoms with van der Waals surface area (Å²) >= 11 is 0. The second kappa shape index (κ2) is 8.22. The van der Waals surface area contributed by atoms with Gasteiger partial charge in [-0.3, -0.25) is 4.90 Å². The number of benzene rings is 2. The molecule has 0 bridgehead atoms. The summed E-state index contributed by atoms with van der Waals surface area (Å²) in [5, 5.41) is 9.35. The molecule has 0 saturated carbocycles. The Balaban J connectivity index is 2.17. The Morgan fingerprint density at radius 1 is 1.06 bits per heavy atom. The molecular formula is C20H14F7N3O2. The van der Waals surface area contributed by atoms with E-state index in [1.165, 1.54) is 6.07 Å². The van der Waals surface area contributed by atoms with Crippen molar-refractivity contribution >= 4 is 17.5 Å². The minimum atomic E-state index is -5.32. The number of carbonyl (C=O) groups excluding carboxylic acids is 1. The third kappa shape index (κ3) is 4.42. The third-order valence-electron chi connectivity index (χ3n) is 4.83. The Morgan fingerprint density at radius 2 is 1.62 bits per heavy atom. The van der Waals surface area contributed by atoms with Gasteiger partial charge in [-0.25, -0.2) is 9.18 Å². The van der Waals surface area contributed by atoms with Gasteiger partial charge in [0, 0.05) is 25.8 Å². The van der Waals surface area contributed by atoms with Crippen LogP contribution < -0.4 is 14.5 Å². The summed E-state index contributed by atoms with van der Waals surface area (Å²) in [7, 11) is 1.13. The fraction of sp³-hybridized carbons (Fsp3) is 0.300. The maximum Gasteiger partial charge on any atom is 0.420 e. The summed E-state index contributed by atoms with van der Waals surface area (Å²) in [6, 6.07) is 5.38. The van der Waals surface area contributed by atoms with Crippen LogP contribution >= 0.6 is 0 Å². The van der Waals surface area contributed by atoms with Crippen LogP contribution in [0.2, 0.25) is 0 Å².